The molecule has 21 heavy (non-hydrogen) atoms. The van der Waals surface area contributed by atoms with Crippen LogP contribution in [0.2, 0.25) is 0 Å². The molecule has 1 saturated heterocycles. The van der Waals surface area contributed by atoms with Gasteiger partial charge in [-0.25, -0.2) is 13.4 Å². The Morgan fingerprint density at radius 1 is 1.14 bits per heavy atom. The molecule has 0 aromatic carbocycles. The number of sulfonamides is 1. The molecule has 1 aromatic heterocycles. The van der Waals surface area contributed by atoms with Crippen LogP contribution in [0.5, 0.6) is 0 Å². The first-order valence-corrected chi connectivity index (χ1v) is 9.25. The van der Waals surface area contributed by atoms with Crippen LogP contribution in [0.1, 0.15) is 50.0 Å². The van der Waals surface area contributed by atoms with Crippen molar-refractivity contribution in [3.8, 4) is 0 Å². The summed E-state index contributed by atoms with van der Waals surface area (Å²) in [5, 5.41) is 0.267. The summed E-state index contributed by atoms with van der Waals surface area (Å²) in [6.45, 7) is 1.25. The Morgan fingerprint density at radius 2 is 1.95 bits per heavy atom. The van der Waals surface area contributed by atoms with Crippen molar-refractivity contribution in [2.24, 2.45) is 0 Å². The molecule has 0 saturated carbocycles. The third-order valence-electron chi connectivity index (χ3n) is 4.35. The molecule has 1 fully saturated rings. The van der Waals surface area contributed by atoms with Crippen LogP contribution in [0.25, 0.3) is 0 Å². The average molecular weight is 306 g/mol. The zero-order valence-electron chi connectivity index (χ0n) is 12.2. The van der Waals surface area contributed by atoms with Gasteiger partial charge in [-0.3, -0.25) is 0 Å². The fourth-order valence-electron chi connectivity index (χ4n) is 3.20. The zero-order chi connectivity index (χ0) is 14.7. The molecule has 0 spiro atoms. The molecule has 3 rings (SSSR count). The minimum Gasteiger partial charge on any atom is -0.243 e. The van der Waals surface area contributed by atoms with Crippen LogP contribution in [0.3, 0.4) is 0 Å². The first kappa shape index (κ1) is 14.7. The summed E-state index contributed by atoms with van der Waals surface area (Å²) < 4.78 is 27.4. The number of hydrogen-bond acceptors (Lipinski definition) is 3. The van der Waals surface area contributed by atoms with Crippen molar-refractivity contribution in [3.63, 3.8) is 0 Å². The number of aromatic nitrogens is 1. The summed E-state index contributed by atoms with van der Waals surface area (Å²) in [6, 6.07) is 3.76. The predicted octanol–water partition coefficient (Wildman–Crippen LogP) is 3.08. The summed E-state index contributed by atoms with van der Waals surface area (Å²) in [7, 11) is -3.45. The van der Waals surface area contributed by atoms with E-state index in [0.29, 0.717) is 13.1 Å². The Bertz CT molecular complexity index is 619. The quantitative estimate of drug-likeness (QED) is 0.806. The van der Waals surface area contributed by atoms with Crippen LogP contribution in [-0.2, 0) is 10.0 Å². The lowest BCUT2D eigenvalue weighted by molar-refractivity contribution is 0.345. The van der Waals surface area contributed by atoms with Crippen molar-refractivity contribution in [1.82, 2.24) is 9.29 Å². The number of allylic oxidation sites excluding steroid dienone is 2. The van der Waals surface area contributed by atoms with Gasteiger partial charge in [-0.15, -0.1) is 0 Å². The highest BCUT2D eigenvalue weighted by molar-refractivity contribution is 7.89. The van der Waals surface area contributed by atoms with Crippen LogP contribution in [0.15, 0.2) is 35.5 Å². The van der Waals surface area contributed by atoms with Crippen LogP contribution < -0.4 is 0 Å². The van der Waals surface area contributed by atoms with Crippen LogP contribution in [0, 0.1) is 0 Å². The summed E-state index contributed by atoms with van der Waals surface area (Å²) in [4.78, 5) is 4.24. The largest absolute Gasteiger partial charge is 0.260 e. The van der Waals surface area contributed by atoms with Gasteiger partial charge in [-0.1, -0.05) is 24.6 Å². The Hall–Kier alpha value is -1.20. The van der Waals surface area contributed by atoms with Crippen LogP contribution in [-0.4, -0.2) is 30.8 Å². The van der Waals surface area contributed by atoms with E-state index in [1.807, 2.05) is 12.1 Å². The van der Waals surface area contributed by atoms with Gasteiger partial charge < -0.3 is 0 Å². The molecule has 2 heterocycles. The van der Waals surface area contributed by atoms with E-state index in [4.69, 9.17) is 0 Å². The average Bonchev–Trinajstić information content (AvgIpc) is 2.56. The van der Waals surface area contributed by atoms with Gasteiger partial charge in [0.05, 0.1) is 0 Å². The predicted molar refractivity (Wildman–Crippen MR) is 82.6 cm³/mol. The van der Waals surface area contributed by atoms with E-state index in [1.54, 1.807) is 10.5 Å². The smallest absolute Gasteiger partial charge is 0.243 e. The fourth-order valence-corrected chi connectivity index (χ4v) is 4.89. The summed E-state index contributed by atoms with van der Waals surface area (Å²) in [5.41, 5.74) is 0.860. The van der Waals surface area contributed by atoms with Gasteiger partial charge >= 0.3 is 0 Å². The van der Waals surface area contributed by atoms with E-state index < -0.39 is 10.0 Å². The van der Waals surface area contributed by atoms with E-state index in [1.165, 1.54) is 0 Å². The van der Waals surface area contributed by atoms with E-state index in [-0.39, 0.29) is 10.9 Å². The highest BCUT2D eigenvalue weighted by atomic mass is 32.2. The molecule has 0 amide bonds. The normalized spacial score (nSPS) is 24.1. The van der Waals surface area contributed by atoms with Gasteiger partial charge in [0, 0.05) is 25.2 Å². The van der Waals surface area contributed by atoms with Crippen LogP contribution >= 0.6 is 0 Å². The Kier molecular flexibility index (Phi) is 4.40. The second-order valence-electron chi connectivity index (χ2n) is 5.83. The Morgan fingerprint density at radius 3 is 2.67 bits per heavy atom. The van der Waals surface area contributed by atoms with Crippen molar-refractivity contribution < 1.29 is 8.42 Å². The molecule has 114 valence electrons. The minimum absolute atomic E-state index is 0.182. The standard InChI is InChI=1S/C16H22N2O2S/c19-21(20,18-12-5-2-6-13-18)16-15(10-7-11-17-16)14-8-3-1-4-9-14/h3,7-8,10-11,14H,1-2,4-6,9,12-13H2. The molecule has 1 aliphatic heterocycles. The number of nitrogens with zero attached hydrogens (tertiary/aromatic N) is 2. The topological polar surface area (TPSA) is 50.3 Å². The molecule has 0 radical (unpaired) electrons. The fraction of sp³-hybridized carbons (Fsp3) is 0.562. The molecule has 1 aliphatic carbocycles. The maximum Gasteiger partial charge on any atom is 0.260 e. The lowest BCUT2D eigenvalue weighted by Gasteiger charge is -2.27. The van der Waals surface area contributed by atoms with Gasteiger partial charge in [-0.05, 0) is 43.7 Å². The Balaban J connectivity index is 1.97. The Labute approximate surface area is 126 Å². The molecular weight excluding hydrogens is 284 g/mol. The lowest BCUT2D eigenvalue weighted by atomic mass is 9.90. The molecule has 0 bridgehead atoms. The second-order valence-corrected chi connectivity index (χ2v) is 7.68. The molecule has 2 aliphatic rings. The second kappa shape index (κ2) is 6.28. The monoisotopic (exact) mass is 306 g/mol. The molecule has 1 aromatic rings. The number of rotatable bonds is 3. The first-order chi connectivity index (χ1) is 10.2. The first-order valence-electron chi connectivity index (χ1n) is 7.81. The van der Waals surface area contributed by atoms with Crippen molar-refractivity contribution in [2.45, 2.75) is 49.5 Å². The van der Waals surface area contributed by atoms with Gasteiger partial charge in [-0.2, -0.15) is 4.31 Å². The molecule has 4 nitrogen and oxygen atoms in total. The number of piperidine rings is 1. The SMILES string of the molecule is O=S(=O)(c1ncccc1C1C=CCCC1)N1CCCCC1. The number of hydrogen-bond donors (Lipinski definition) is 0. The minimum atomic E-state index is -3.45. The molecule has 1 unspecified atom stereocenters. The number of pyridine rings is 1. The van der Waals surface area contributed by atoms with E-state index >= 15 is 0 Å². The summed E-state index contributed by atoms with van der Waals surface area (Å²) in [6.07, 6.45) is 12.1. The van der Waals surface area contributed by atoms with Crippen molar-refractivity contribution in [3.05, 3.63) is 36.0 Å². The van der Waals surface area contributed by atoms with Crippen molar-refractivity contribution in [2.75, 3.05) is 13.1 Å². The highest BCUT2D eigenvalue weighted by Gasteiger charge is 2.31. The molecule has 0 N–H and O–H groups in total. The molecule has 5 heteroatoms. The maximum atomic E-state index is 12.9. The van der Waals surface area contributed by atoms with Gasteiger partial charge in [0.1, 0.15) is 0 Å². The zero-order valence-corrected chi connectivity index (χ0v) is 13.1. The van der Waals surface area contributed by atoms with Crippen LogP contribution in [0.4, 0.5) is 0 Å². The summed E-state index contributed by atoms with van der Waals surface area (Å²) in [5.74, 6) is 0.182. The highest BCUT2D eigenvalue weighted by Crippen LogP contribution is 2.32. The van der Waals surface area contributed by atoms with Gasteiger partial charge in [0.2, 0.25) is 0 Å². The van der Waals surface area contributed by atoms with Crippen molar-refractivity contribution in [1.29, 1.82) is 0 Å². The van der Waals surface area contributed by atoms with E-state index in [9.17, 15) is 8.42 Å². The third-order valence-corrected chi connectivity index (χ3v) is 6.23. The third kappa shape index (κ3) is 3.04. The van der Waals surface area contributed by atoms with E-state index in [2.05, 4.69) is 17.1 Å². The lowest BCUT2D eigenvalue weighted by Crippen LogP contribution is -2.36. The van der Waals surface area contributed by atoms with Crippen molar-refractivity contribution >= 4 is 10.0 Å². The molecule has 1 atom stereocenters. The van der Waals surface area contributed by atoms with Gasteiger partial charge in [0.15, 0.2) is 5.03 Å². The van der Waals surface area contributed by atoms with E-state index in [0.717, 1.165) is 44.1 Å². The molecular formula is C16H22N2O2S. The summed E-state index contributed by atoms with van der Waals surface area (Å²) >= 11 is 0. The maximum absolute atomic E-state index is 12.9. The van der Waals surface area contributed by atoms with Gasteiger partial charge in [0.25, 0.3) is 10.0 Å².